The molecule has 1 aliphatic carbocycles. The number of hydrogen-bond acceptors (Lipinski definition) is 3. The first-order chi connectivity index (χ1) is 8.42. The molecule has 1 fully saturated rings. The van der Waals surface area contributed by atoms with Crippen LogP contribution in [0.3, 0.4) is 0 Å². The van der Waals surface area contributed by atoms with Crippen molar-refractivity contribution in [2.75, 3.05) is 0 Å². The molecule has 1 N–H and O–H groups in total. The first-order valence-electron chi connectivity index (χ1n) is 5.95. The Balaban J connectivity index is 2.27. The van der Waals surface area contributed by atoms with E-state index in [9.17, 15) is 8.42 Å². The van der Waals surface area contributed by atoms with E-state index in [0.717, 1.165) is 12.8 Å². The molecular formula is C13H16N2O2S. The normalized spacial score (nSPS) is 23.2. The number of sulfonamides is 1. The van der Waals surface area contributed by atoms with Crippen molar-refractivity contribution in [3.8, 4) is 6.07 Å². The van der Waals surface area contributed by atoms with E-state index in [-0.39, 0.29) is 10.9 Å². The van der Waals surface area contributed by atoms with Gasteiger partial charge in [-0.25, -0.2) is 13.1 Å². The van der Waals surface area contributed by atoms with Gasteiger partial charge in [-0.15, -0.1) is 0 Å². The highest BCUT2D eigenvalue weighted by molar-refractivity contribution is 7.89. The highest BCUT2D eigenvalue weighted by Crippen LogP contribution is 2.28. The minimum Gasteiger partial charge on any atom is -0.208 e. The van der Waals surface area contributed by atoms with Gasteiger partial charge in [0.25, 0.3) is 0 Å². The summed E-state index contributed by atoms with van der Waals surface area (Å²) >= 11 is 0. The summed E-state index contributed by atoms with van der Waals surface area (Å²) in [4.78, 5) is 0.209. The van der Waals surface area contributed by atoms with E-state index >= 15 is 0 Å². The van der Waals surface area contributed by atoms with Crippen LogP contribution in [0.1, 0.15) is 30.9 Å². The Kier molecular flexibility index (Phi) is 3.42. The van der Waals surface area contributed by atoms with Crippen LogP contribution >= 0.6 is 0 Å². The number of hydrogen-bond donors (Lipinski definition) is 1. The van der Waals surface area contributed by atoms with Crippen molar-refractivity contribution in [1.82, 2.24) is 4.72 Å². The molecule has 0 saturated heterocycles. The third kappa shape index (κ3) is 2.55. The first-order valence-corrected chi connectivity index (χ1v) is 7.44. The SMILES string of the molecule is Cc1ccc(C#N)cc1S(=O)(=O)NC1CC(C)C1. The molecule has 0 aromatic heterocycles. The molecule has 1 aromatic carbocycles. The molecule has 0 aliphatic heterocycles. The second kappa shape index (κ2) is 4.71. The average molecular weight is 264 g/mol. The molecule has 0 heterocycles. The van der Waals surface area contributed by atoms with E-state index in [1.54, 1.807) is 19.1 Å². The number of rotatable bonds is 3. The second-order valence-corrected chi connectivity index (χ2v) is 6.67. The molecule has 0 radical (unpaired) electrons. The molecule has 0 unspecified atom stereocenters. The maximum atomic E-state index is 12.2. The largest absolute Gasteiger partial charge is 0.241 e. The number of benzene rings is 1. The molecule has 1 aliphatic rings. The number of aryl methyl sites for hydroxylation is 1. The lowest BCUT2D eigenvalue weighted by Crippen LogP contribution is -2.43. The van der Waals surface area contributed by atoms with Crippen molar-refractivity contribution in [2.24, 2.45) is 5.92 Å². The quantitative estimate of drug-likeness (QED) is 0.907. The number of nitriles is 1. The molecule has 0 atom stereocenters. The molecule has 18 heavy (non-hydrogen) atoms. The van der Waals surface area contributed by atoms with Crippen LogP contribution in [0.15, 0.2) is 23.1 Å². The van der Waals surface area contributed by atoms with E-state index in [0.29, 0.717) is 17.0 Å². The molecule has 1 aromatic rings. The Bertz CT molecular complexity index is 596. The zero-order chi connectivity index (χ0) is 13.3. The molecule has 0 spiro atoms. The minimum absolute atomic E-state index is 0.0372. The maximum Gasteiger partial charge on any atom is 0.241 e. The van der Waals surface area contributed by atoms with Gasteiger partial charge < -0.3 is 0 Å². The zero-order valence-electron chi connectivity index (χ0n) is 10.5. The summed E-state index contributed by atoms with van der Waals surface area (Å²) in [6.07, 6.45) is 1.77. The lowest BCUT2D eigenvalue weighted by molar-refractivity contribution is 0.270. The van der Waals surface area contributed by atoms with Crippen molar-refractivity contribution >= 4 is 10.0 Å². The molecule has 0 bridgehead atoms. The summed E-state index contributed by atoms with van der Waals surface area (Å²) < 4.78 is 27.1. The lowest BCUT2D eigenvalue weighted by atomic mass is 9.83. The summed E-state index contributed by atoms with van der Waals surface area (Å²) in [6, 6.07) is 6.72. The van der Waals surface area contributed by atoms with Crippen LogP contribution in [0.5, 0.6) is 0 Å². The first kappa shape index (κ1) is 13.1. The maximum absolute atomic E-state index is 12.2. The minimum atomic E-state index is -3.51. The van der Waals surface area contributed by atoms with Gasteiger partial charge in [0, 0.05) is 6.04 Å². The Morgan fingerprint density at radius 3 is 2.61 bits per heavy atom. The van der Waals surface area contributed by atoms with Gasteiger partial charge >= 0.3 is 0 Å². The summed E-state index contributed by atoms with van der Waals surface area (Å²) in [5.41, 5.74) is 1.02. The van der Waals surface area contributed by atoms with E-state index < -0.39 is 10.0 Å². The lowest BCUT2D eigenvalue weighted by Gasteiger charge is -2.33. The van der Waals surface area contributed by atoms with Gasteiger partial charge in [-0.3, -0.25) is 0 Å². The Morgan fingerprint density at radius 2 is 2.06 bits per heavy atom. The van der Waals surface area contributed by atoms with Crippen molar-refractivity contribution in [3.63, 3.8) is 0 Å². The van der Waals surface area contributed by atoms with Crippen LogP contribution in [0, 0.1) is 24.2 Å². The van der Waals surface area contributed by atoms with Crippen LogP contribution in [-0.2, 0) is 10.0 Å². The van der Waals surface area contributed by atoms with Crippen molar-refractivity contribution < 1.29 is 8.42 Å². The van der Waals surface area contributed by atoms with Crippen LogP contribution in [-0.4, -0.2) is 14.5 Å². The molecule has 1 saturated carbocycles. The van der Waals surface area contributed by atoms with Gasteiger partial charge in [0.1, 0.15) is 0 Å². The van der Waals surface area contributed by atoms with Crippen LogP contribution in [0.2, 0.25) is 0 Å². The van der Waals surface area contributed by atoms with Gasteiger partial charge in [0.2, 0.25) is 10.0 Å². The van der Waals surface area contributed by atoms with Gasteiger partial charge in [-0.1, -0.05) is 13.0 Å². The highest BCUT2D eigenvalue weighted by atomic mass is 32.2. The smallest absolute Gasteiger partial charge is 0.208 e. The predicted octanol–water partition coefficient (Wildman–Crippen LogP) is 1.94. The summed E-state index contributed by atoms with van der Waals surface area (Å²) in [5, 5.41) is 8.83. The third-order valence-electron chi connectivity index (χ3n) is 3.30. The number of nitrogens with one attached hydrogen (secondary N) is 1. The van der Waals surface area contributed by atoms with Gasteiger partial charge in [0.15, 0.2) is 0 Å². The topological polar surface area (TPSA) is 70.0 Å². The van der Waals surface area contributed by atoms with Gasteiger partial charge in [-0.05, 0) is 43.4 Å². The van der Waals surface area contributed by atoms with Crippen molar-refractivity contribution in [3.05, 3.63) is 29.3 Å². The second-order valence-electron chi connectivity index (χ2n) is 4.99. The predicted molar refractivity (Wildman–Crippen MR) is 68.4 cm³/mol. The van der Waals surface area contributed by atoms with Gasteiger partial charge in [0.05, 0.1) is 16.5 Å². The standard InChI is InChI=1S/C13H16N2O2S/c1-9-5-12(6-9)15-18(16,17)13-7-11(8-14)4-3-10(13)2/h3-4,7,9,12,15H,5-6H2,1-2H3. The van der Waals surface area contributed by atoms with Crippen molar-refractivity contribution in [2.45, 2.75) is 37.6 Å². The van der Waals surface area contributed by atoms with Crippen LogP contribution < -0.4 is 4.72 Å². The fourth-order valence-electron chi connectivity index (χ4n) is 2.24. The molecule has 2 rings (SSSR count). The van der Waals surface area contributed by atoms with E-state index in [1.165, 1.54) is 6.07 Å². The van der Waals surface area contributed by atoms with Crippen LogP contribution in [0.25, 0.3) is 0 Å². The Hall–Kier alpha value is -1.38. The van der Waals surface area contributed by atoms with Gasteiger partial charge in [-0.2, -0.15) is 5.26 Å². The monoisotopic (exact) mass is 264 g/mol. The van der Waals surface area contributed by atoms with Crippen molar-refractivity contribution in [1.29, 1.82) is 5.26 Å². The molecule has 96 valence electrons. The van der Waals surface area contributed by atoms with E-state index in [1.807, 2.05) is 6.07 Å². The molecule has 5 heteroatoms. The molecule has 0 amide bonds. The van der Waals surface area contributed by atoms with E-state index in [4.69, 9.17) is 5.26 Å². The fraction of sp³-hybridized carbons (Fsp3) is 0.462. The Morgan fingerprint density at radius 1 is 1.39 bits per heavy atom. The average Bonchev–Trinajstić information content (AvgIpc) is 2.27. The summed E-state index contributed by atoms with van der Waals surface area (Å²) in [5.74, 6) is 0.587. The third-order valence-corrected chi connectivity index (χ3v) is 4.96. The summed E-state index contributed by atoms with van der Waals surface area (Å²) in [7, 11) is -3.51. The van der Waals surface area contributed by atoms with Crippen LogP contribution in [0.4, 0.5) is 0 Å². The van der Waals surface area contributed by atoms with E-state index in [2.05, 4.69) is 11.6 Å². The zero-order valence-corrected chi connectivity index (χ0v) is 11.3. The molecule has 4 nitrogen and oxygen atoms in total. The highest BCUT2D eigenvalue weighted by Gasteiger charge is 2.30. The summed E-state index contributed by atoms with van der Waals surface area (Å²) in [6.45, 7) is 3.84. The fourth-order valence-corrected chi connectivity index (χ4v) is 3.77. The number of nitrogens with zero attached hydrogens (tertiary/aromatic N) is 1. The molecular weight excluding hydrogens is 248 g/mol. The Labute approximate surface area is 108 Å².